The number of carbonyl (C=O) groups excluding carboxylic acids is 1. The SMILES string of the molecule is Cn1cnc2c1c(=O)n(CC(=O)Nc1ccccc1N1CCCCCC1)c(=O)n2C. The van der Waals surface area contributed by atoms with Crippen LogP contribution in [0.5, 0.6) is 0 Å². The van der Waals surface area contributed by atoms with Crippen LogP contribution in [0.3, 0.4) is 0 Å². The van der Waals surface area contributed by atoms with Gasteiger partial charge in [-0.1, -0.05) is 25.0 Å². The summed E-state index contributed by atoms with van der Waals surface area (Å²) in [4.78, 5) is 44.7. The fourth-order valence-corrected chi connectivity index (χ4v) is 4.04. The zero-order valence-electron chi connectivity index (χ0n) is 17.3. The number of hydrogen-bond donors (Lipinski definition) is 1. The molecular weight excluding hydrogens is 384 g/mol. The summed E-state index contributed by atoms with van der Waals surface area (Å²) in [5.41, 5.74) is 1.16. The Kier molecular flexibility index (Phi) is 5.43. The first-order valence-electron chi connectivity index (χ1n) is 10.2. The van der Waals surface area contributed by atoms with E-state index in [1.165, 1.54) is 23.7 Å². The monoisotopic (exact) mass is 410 g/mol. The maximum atomic E-state index is 12.8. The molecule has 1 aliphatic rings. The van der Waals surface area contributed by atoms with E-state index < -0.39 is 17.2 Å². The van der Waals surface area contributed by atoms with Gasteiger partial charge in [-0.2, -0.15) is 0 Å². The van der Waals surface area contributed by atoms with Crippen LogP contribution in [0.1, 0.15) is 25.7 Å². The molecule has 1 aromatic carbocycles. The number of aryl methyl sites for hydroxylation is 2. The van der Waals surface area contributed by atoms with Crippen molar-refractivity contribution >= 4 is 28.4 Å². The molecule has 0 atom stereocenters. The second kappa shape index (κ2) is 8.17. The Morgan fingerprint density at radius 3 is 2.50 bits per heavy atom. The van der Waals surface area contributed by atoms with Gasteiger partial charge in [0.1, 0.15) is 6.54 Å². The molecule has 158 valence electrons. The van der Waals surface area contributed by atoms with E-state index in [2.05, 4.69) is 15.2 Å². The molecule has 3 aromatic rings. The Hall–Kier alpha value is -3.36. The summed E-state index contributed by atoms with van der Waals surface area (Å²) >= 11 is 0. The molecular formula is C21H26N6O3. The molecule has 9 nitrogen and oxygen atoms in total. The Morgan fingerprint density at radius 2 is 1.77 bits per heavy atom. The van der Waals surface area contributed by atoms with Crippen molar-refractivity contribution in [3.8, 4) is 0 Å². The lowest BCUT2D eigenvalue weighted by molar-refractivity contribution is -0.116. The van der Waals surface area contributed by atoms with E-state index >= 15 is 0 Å². The Morgan fingerprint density at radius 1 is 1.07 bits per heavy atom. The van der Waals surface area contributed by atoms with E-state index in [0.29, 0.717) is 11.3 Å². The van der Waals surface area contributed by atoms with Crippen molar-refractivity contribution in [3.63, 3.8) is 0 Å². The molecule has 1 aliphatic heterocycles. The second-order valence-corrected chi connectivity index (χ2v) is 7.73. The topological polar surface area (TPSA) is 94.2 Å². The minimum absolute atomic E-state index is 0.287. The van der Waals surface area contributed by atoms with Crippen LogP contribution in [-0.2, 0) is 25.4 Å². The lowest BCUT2D eigenvalue weighted by Gasteiger charge is -2.25. The van der Waals surface area contributed by atoms with E-state index in [0.717, 1.165) is 36.2 Å². The largest absolute Gasteiger partial charge is 0.370 e. The van der Waals surface area contributed by atoms with E-state index in [1.54, 1.807) is 18.7 Å². The first-order chi connectivity index (χ1) is 14.5. The molecule has 0 radical (unpaired) electrons. The summed E-state index contributed by atoms with van der Waals surface area (Å²) in [6, 6.07) is 7.66. The van der Waals surface area contributed by atoms with Crippen LogP contribution in [0.25, 0.3) is 11.2 Å². The van der Waals surface area contributed by atoms with Crippen molar-refractivity contribution in [2.45, 2.75) is 32.2 Å². The van der Waals surface area contributed by atoms with Gasteiger partial charge in [0.05, 0.1) is 17.7 Å². The number of benzene rings is 1. The zero-order chi connectivity index (χ0) is 21.3. The zero-order valence-corrected chi connectivity index (χ0v) is 17.3. The number of rotatable bonds is 4. The van der Waals surface area contributed by atoms with Crippen LogP contribution in [-0.4, -0.2) is 37.7 Å². The van der Waals surface area contributed by atoms with Crippen LogP contribution in [0.4, 0.5) is 11.4 Å². The third-order valence-electron chi connectivity index (χ3n) is 5.63. The Labute approximate surface area is 173 Å². The molecule has 0 aliphatic carbocycles. The summed E-state index contributed by atoms with van der Waals surface area (Å²) in [6.45, 7) is 1.54. The van der Waals surface area contributed by atoms with Gasteiger partial charge < -0.3 is 14.8 Å². The summed E-state index contributed by atoms with van der Waals surface area (Å²) in [5.74, 6) is -0.419. The minimum atomic E-state index is -0.567. The van der Waals surface area contributed by atoms with Crippen molar-refractivity contribution in [2.75, 3.05) is 23.3 Å². The average Bonchev–Trinajstić information content (AvgIpc) is 2.94. The maximum Gasteiger partial charge on any atom is 0.332 e. The van der Waals surface area contributed by atoms with E-state index in [1.807, 2.05) is 24.3 Å². The van der Waals surface area contributed by atoms with Gasteiger partial charge in [-0.25, -0.2) is 14.3 Å². The molecule has 9 heteroatoms. The van der Waals surface area contributed by atoms with Crippen LogP contribution >= 0.6 is 0 Å². The van der Waals surface area contributed by atoms with Gasteiger partial charge in [0.15, 0.2) is 11.2 Å². The third-order valence-corrected chi connectivity index (χ3v) is 5.63. The number of aromatic nitrogens is 4. The van der Waals surface area contributed by atoms with Crippen LogP contribution in [0.2, 0.25) is 0 Å². The molecule has 0 spiro atoms. The predicted octanol–water partition coefficient (Wildman–Crippen LogP) is 1.45. The fourth-order valence-electron chi connectivity index (χ4n) is 4.04. The van der Waals surface area contributed by atoms with Gasteiger partial charge in [0.25, 0.3) is 5.56 Å². The first kappa shape index (κ1) is 19.9. The number of amides is 1. The lowest BCUT2D eigenvalue weighted by atomic mass is 10.2. The van der Waals surface area contributed by atoms with Crippen LogP contribution < -0.4 is 21.5 Å². The summed E-state index contributed by atoms with van der Waals surface area (Å²) in [5, 5.41) is 2.90. The summed E-state index contributed by atoms with van der Waals surface area (Å²) < 4.78 is 3.79. The second-order valence-electron chi connectivity index (χ2n) is 7.73. The molecule has 0 bridgehead atoms. The number of fused-ring (bicyclic) bond motifs is 1. The highest BCUT2D eigenvalue weighted by molar-refractivity contribution is 5.94. The van der Waals surface area contributed by atoms with E-state index in [9.17, 15) is 14.4 Å². The molecule has 4 rings (SSSR count). The van der Waals surface area contributed by atoms with Crippen LogP contribution in [0, 0.1) is 0 Å². The van der Waals surface area contributed by atoms with E-state index in [-0.39, 0.29) is 12.1 Å². The van der Waals surface area contributed by atoms with Gasteiger partial charge in [0.2, 0.25) is 5.91 Å². The lowest BCUT2D eigenvalue weighted by Crippen LogP contribution is -2.42. The number of hydrogen-bond acceptors (Lipinski definition) is 5. The quantitative estimate of drug-likeness (QED) is 0.703. The van der Waals surface area contributed by atoms with Gasteiger partial charge in [-0.05, 0) is 25.0 Å². The molecule has 0 unspecified atom stereocenters. The van der Waals surface area contributed by atoms with Gasteiger partial charge in [-0.15, -0.1) is 0 Å². The van der Waals surface area contributed by atoms with Crippen molar-refractivity contribution in [3.05, 3.63) is 51.4 Å². The summed E-state index contributed by atoms with van der Waals surface area (Å²) in [6.07, 6.45) is 6.16. The highest BCUT2D eigenvalue weighted by Crippen LogP contribution is 2.27. The highest BCUT2D eigenvalue weighted by Gasteiger charge is 2.19. The molecule has 30 heavy (non-hydrogen) atoms. The minimum Gasteiger partial charge on any atom is -0.370 e. The first-order valence-corrected chi connectivity index (χ1v) is 10.2. The molecule has 1 saturated heterocycles. The molecule has 3 heterocycles. The number of nitrogens with one attached hydrogen (secondary N) is 1. The molecule has 0 saturated carbocycles. The number of nitrogens with zero attached hydrogens (tertiary/aromatic N) is 5. The number of para-hydroxylation sites is 2. The van der Waals surface area contributed by atoms with Gasteiger partial charge in [0, 0.05) is 27.2 Å². The van der Waals surface area contributed by atoms with Crippen molar-refractivity contribution in [1.82, 2.24) is 18.7 Å². The van der Waals surface area contributed by atoms with E-state index in [4.69, 9.17) is 0 Å². The van der Waals surface area contributed by atoms with Crippen molar-refractivity contribution < 1.29 is 4.79 Å². The fraction of sp³-hybridized carbons (Fsp3) is 0.429. The Bertz CT molecular complexity index is 1200. The van der Waals surface area contributed by atoms with Gasteiger partial charge >= 0.3 is 5.69 Å². The highest BCUT2D eigenvalue weighted by atomic mass is 16.2. The molecule has 1 fully saturated rings. The average molecular weight is 410 g/mol. The molecule has 1 amide bonds. The third kappa shape index (κ3) is 3.62. The smallest absolute Gasteiger partial charge is 0.332 e. The summed E-state index contributed by atoms with van der Waals surface area (Å²) in [7, 11) is 3.23. The number of carbonyl (C=O) groups is 1. The maximum absolute atomic E-state index is 12.8. The Balaban J connectivity index is 1.62. The predicted molar refractivity (Wildman–Crippen MR) is 116 cm³/mol. The van der Waals surface area contributed by atoms with Crippen molar-refractivity contribution in [1.29, 1.82) is 0 Å². The van der Waals surface area contributed by atoms with Crippen LogP contribution in [0.15, 0.2) is 40.2 Å². The normalized spacial score (nSPS) is 14.7. The van der Waals surface area contributed by atoms with Crippen molar-refractivity contribution in [2.24, 2.45) is 14.1 Å². The standard InChI is InChI=1S/C21H26N6O3/c1-24-14-22-19-18(24)20(29)27(21(30)25(19)2)13-17(28)23-15-9-5-6-10-16(15)26-11-7-3-4-8-12-26/h5-6,9-10,14H,3-4,7-8,11-13H2,1-2H3,(H,23,28). The number of imidazole rings is 1. The molecule has 2 aromatic heterocycles. The molecule has 1 N–H and O–H groups in total. The van der Waals surface area contributed by atoms with Gasteiger partial charge in [-0.3, -0.25) is 14.2 Å². The number of anilines is 2.